The van der Waals surface area contributed by atoms with Crippen LogP contribution in [0, 0.1) is 0 Å². The van der Waals surface area contributed by atoms with Gasteiger partial charge in [-0.05, 0) is 37.1 Å². The van der Waals surface area contributed by atoms with Crippen LogP contribution >= 0.6 is 0 Å². The van der Waals surface area contributed by atoms with E-state index < -0.39 is 0 Å². The molecule has 1 aromatic carbocycles. The minimum absolute atomic E-state index is 0.152. The van der Waals surface area contributed by atoms with Crippen molar-refractivity contribution in [2.24, 2.45) is 0 Å². The predicted molar refractivity (Wildman–Crippen MR) is 90.5 cm³/mol. The van der Waals surface area contributed by atoms with Crippen LogP contribution in [0.4, 0.5) is 0 Å². The molecule has 1 atom stereocenters. The van der Waals surface area contributed by atoms with Crippen molar-refractivity contribution in [2.75, 3.05) is 13.2 Å². The van der Waals surface area contributed by atoms with Crippen molar-refractivity contribution < 1.29 is 14.3 Å². The van der Waals surface area contributed by atoms with Gasteiger partial charge in [0.05, 0.1) is 19.3 Å². The minimum Gasteiger partial charge on any atom is -0.490 e. The van der Waals surface area contributed by atoms with Gasteiger partial charge >= 0.3 is 0 Å². The van der Waals surface area contributed by atoms with Crippen molar-refractivity contribution in [1.82, 2.24) is 15.5 Å². The van der Waals surface area contributed by atoms with Crippen LogP contribution in [0.2, 0.25) is 0 Å². The van der Waals surface area contributed by atoms with Crippen LogP contribution in [0.15, 0.2) is 24.3 Å². The molecule has 1 aromatic heterocycles. The number of nitrogens with zero attached hydrogens (tertiary/aromatic N) is 1. The molecule has 3 rings (SSSR count). The van der Waals surface area contributed by atoms with E-state index in [1.807, 2.05) is 25.1 Å². The number of benzene rings is 1. The summed E-state index contributed by atoms with van der Waals surface area (Å²) < 4.78 is 11.3. The summed E-state index contributed by atoms with van der Waals surface area (Å²) in [5.74, 6) is 1.30. The number of amides is 1. The van der Waals surface area contributed by atoms with E-state index in [0.717, 1.165) is 42.0 Å². The second-order valence-corrected chi connectivity index (χ2v) is 5.98. The van der Waals surface area contributed by atoms with Crippen molar-refractivity contribution in [3.63, 3.8) is 0 Å². The maximum atomic E-state index is 12.3. The van der Waals surface area contributed by atoms with E-state index in [2.05, 4.69) is 22.4 Å². The van der Waals surface area contributed by atoms with Crippen LogP contribution in [0.1, 0.15) is 54.5 Å². The molecule has 1 amide bonds. The number of aromatic nitrogens is 2. The quantitative estimate of drug-likeness (QED) is 0.884. The van der Waals surface area contributed by atoms with Crippen molar-refractivity contribution in [2.45, 2.75) is 39.2 Å². The van der Waals surface area contributed by atoms with E-state index in [9.17, 15) is 4.79 Å². The van der Waals surface area contributed by atoms with Gasteiger partial charge in [-0.1, -0.05) is 19.4 Å². The molecule has 128 valence electrons. The molecule has 1 aliphatic rings. The summed E-state index contributed by atoms with van der Waals surface area (Å²) in [5.41, 5.74) is 2.36. The standard InChI is InChI=1S/C18H23N3O3/c1-3-5-14-11-15(21-20-14)18(22)19-12(2)13-6-7-16-17(10-13)24-9-4-8-23-16/h6-7,10-12H,3-5,8-9H2,1-2H3,(H,19,22)(H,20,21)/t12-/m1/s1. The lowest BCUT2D eigenvalue weighted by Crippen LogP contribution is -2.27. The number of H-pyrrole nitrogens is 1. The topological polar surface area (TPSA) is 76.2 Å². The number of hydrogen-bond donors (Lipinski definition) is 2. The Morgan fingerprint density at radius 3 is 2.88 bits per heavy atom. The highest BCUT2D eigenvalue weighted by Gasteiger charge is 2.17. The third kappa shape index (κ3) is 3.69. The summed E-state index contributed by atoms with van der Waals surface area (Å²) in [4.78, 5) is 12.3. The average molecular weight is 329 g/mol. The van der Waals surface area contributed by atoms with Gasteiger partial charge in [0.2, 0.25) is 0 Å². The van der Waals surface area contributed by atoms with Gasteiger partial charge in [0.15, 0.2) is 11.5 Å². The molecule has 0 fully saturated rings. The number of ether oxygens (including phenoxy) is 2. The van der Waals surface area contributed by atoms with E-state index >= 15 is 0 Å². The fourth-order valence-electron chi connectivity index (χ4n) is 2.68. The van der Waals surface area contributed by atoms with E-state index in [4.69, 9.17) is 9.47 Å². The first-order valence-electron chi connectivity index (χ1n) is 8.42. The molecule has 0 spiro atoms. The molecule has 0 saturated carbocycles. The molecule has 1 aliphatic heterocycles. The lowest BCUT2D eigenvalue weighted by atomic mass is 10.1. The van der Waals surface area contributed by atoms with Crippen LogP contribution in [-0.4, -0.2) is 29.3 Å². The van der Waals surface area contributed by atoms with E-state index in [0.29, 0.717) is 18.9 Å². The molecule has 0 radical (unpaired) electrons. The van der Waals surface area contributed by atoms with E-state index in [1.54, 1.807) is 6.07 Å². The van der Waals surface area contributed by atoms with Crippen LogP contribution < -0.4 is 14.8 Å². The number of aryl methyl sites for hydroxylation is 1. The zero-order valence-electron chi connectivity index (χ0n) is 14.1. The Morgan fingerprint density at radius 2 is 2.08 bits per heavy atom. The highest BCUT2D eigenvalue weighted by atomic mass is 16.5. The minimum atomic E-state index is -0.187. The Labute approximate surface area is 141 Å². The van der Waals surface area contributed by atoms with Crippen LogP contribution in [0.25, 0.3) is 0 Å². The smallest absolute Gasteiger partial charge is 0.272 e. The predicted octanol–water partition coefficient (Wildman–Crippen LogP) is 3.01. The molecule has 0 saturated heterocycles. The van der Waals surface area contributed by atoms with Crippen LogP contribution in [-0.2, 0) is 6.42 Å². The van der Waals surface area contributed by atoms with Crippen LogP contribution in [0.3, 0.4) is 0 Å². The number of hydrogen-bond acceptors (Lipinski definition) is 4. The van der Waals surface area contributed by atoms with Gasteiger partial charge in [-0.25, -0.2) is 0 Å². The third-order valence-electron chi connectivity index (χ3n) is 4.00. The average Bonchev–Trinajstić information content (AvgIpc) is 2.92. The highest BCUT2D eigenvalue weighted by Crippen LogP contribution is 2.32. The summed E-state index contributed by atoms with van der Waals surface area (Å²) >= 11 is 0. The monoisotopic (exact) mass is 329 g/mol. The van der Waals surface area contributed by atoms with E-state index in [-0.39, 0.29) is 11.9 Å². The first-order valence-corrected chi connectivity index (χ1v) is 8.42. The zero-order valence-corrected chi connectivity index (χ0v) is 14.1. The molecule has 2 heterocycles. The summed E-state index contributed by atoms with van der Waals surface area (Å²) in [6.07, 6.45) is 2.77. The zero-order chi connectivity index (χ0) is 16.9. The van der Waals surface area contributed by atoms with Crippen molar-refractivity contribution in [3.05, 3.63) is 41.2 Å². The van der Waals surface area contributed by atoms with Gasteiger partial charge in [-0.3, -0.25) is 9.89 Å². The molecule has 0 aliphatic carbocycles. The largest absolute Gasteiger partial charge is 0.490 e. The van der Waals surface area contributed by atoms with Crippen molar-refractivity contribution in [1.29, 1.82) is 0 Å². The maximum Gasteiger partial charge on any atom is 0.272 e. The molecule has 2 aromatic rings. The fourth-order valence-corrected chi connectivity index (χ4v) is 2.68. The molecule has 2 N–H and O–H groups in total. The lowest BCUT2D eigenvalue weighted by Gasteiger charge is -2.16. The molecule has 6 heteroatoms. The Kier molecular flexibility index (Phi) is 5.03. The Hall–Kier alpha value is -2.50. The maximum absolute atomic E-state index is 12.3. The number of fused-ring (bicyclic) bond motifs is 1. The van der Waals surface area contributed by atoms with Gasteiger partial charge in [0.1, 0.15) is 5.69 Å². The Morgan fingerprint density at radius 1 is 1.29 bits per heavy atom. The number of carbonyl (C=O) groups is 1. The van der Waals surface area contributed by atoms with Crippen molar-refractivity contribution >= 4 is 5.91 Å². The van der Waals surface area contributed by atoms with Crippen molar-refractivity contribution in [3.8, 4) is 11.5 Å². The summed E-state index contributed by atoms with van der Waals surface area (Å²) in [7, 11) is 0. The summed E-state index contributed by atoms with van der Waals surface area (Å²) in [6.45, 7) is 5.34. The Balaban J connectivity index is 1.68. The highest BCUT2D eigenvalue weighted by molar-refractivity contribution is 5.92. The SMILES string of the molecule is CCCc1cc(C(=O)N[C@H](C)c2ccc3c(c2)OCCCO3)n[nH]1. The van der Waals surface area contributed by atoms with Gasteiger partial charge in [0, 0.05) is 12.1 Å². The third-order valence-corrected chi connectivity index (χ3v) is 4.00. The first-order chi connectivity index (χ1) is 11.7. The Bertz CT molecular complexity index is 711. The molecule has 24 heavy (non-hydrogen) atoms. The molecular weight excluding hydrogens is 306 g/mol. The number of rotatable bonds is 5. The number of aromatic amines is 1. The van der Waals surface area contributed by atoms with Gasteiger partial charge in [-0.2, -0.15) is 5.10 Å². The molecule has 0 bridgehead atoms. The number of nitrogens with one attached hydrogen (secondary N) is 2. The second-order valence-electron chi connectivity index (χ2n) is 5.98. The lowest BCUT2D eigenvalue weighted by molar-refractivity contribution is 0.0934. The normalized spacial score (nSPS) is 14.8. The van der Waals surface area contributed by atoms with Crippen LogP contribution in [0.5, 0.6) is 11.5 Å². The van der Waals surface area contributed by atoms with E-state index in [1.165, 1.54) is 0 Å². The molecule has 6 nitrogen and oxygen atoms in total. The van der Waals surface area contributed by atoms with Gasteiger partial charge in [0.25, 0.3) is 5.91 Å². The molecule has 0 unspecified atom stereocenters. The molecular formula is C18H23N3O3. The fraction of sp³-hybridized carbons (Fsp3) is 0.444. The second kappa shape index (κ2) is 7.38. The number of carbonyl (C=O) groups excluding carboxylic acids is 1. The summed E-state index contributed by atoms with van der Waals surface area (Å²) in [5, 5.41) is 9.96. The first kappa shape index (κ1) is 16.4. The van der Waals surface area contributed by atoms with Gasteiger partial charge < -0.3 is 14.8 Å². The van der Waals surface area contributed by atoms with Gasteiger partial charge in [-0.15, -0.1) is 0 Å². The summed E-state index contributed by atoms with van der Waals surface area (Å²) in [6, 6.07) is 7.43.